The summed E-state index contributed by atoms with van der Waals surface area (Å²) in [5.41, 5.74) is 0.870. The Bertz CT molecular complexity index is 367. The van der Waals surface area contributed by atoms with Crippen molar-refractivity contribution in [2.75, 3.05) is 27.4 Å². The smallest absolute Gasteiger partial charge is 0.161 e. The molecule has 0 aromatic heterocycles. The van der Waals surface area contributed by atoms with Gasteiger partial charge in [-0.2, -0.15) is 5.10 Å². The zero-order valence-electron chi connectivity index (χ0n) is 10.2. The molecule has 0 heterocycles. The minimum atomic E-state index is 0.577. The SMILES string of the molecule is COCCCOc1cc(C=NN)ccc1OC. The van der Waals surface area contributed by atoms with Crippen LogP contribution in [0.1, 0.15) is 12.0 Å². The first-order valence-electron chi connectivity index (χ1n) is 5.35. The molecule has 0 fully saturated rings. The molecule has 94 valence electrons. The van der Waals surface area contributed by atoms with E-state index in [-0.39, 0.29) is 0 Å². The van der Waals surface area contributed by atoms with E-state index in [0.29, 0.717) is 24.7 Å². The molecule has 0 spiro atoms. The van der Waals surface area contributed by atoms with E-state index in [1.54, 1.807) is 20.4 Å². The second kappa shape index (κ2) is 7.51. The highest BCUT2D eigenvalue weighted by atomic mass is 16.5. The average Bonchev–Trinajstić information content (AvgIpc) is 2.35. The maximum Gasteiger partial charge on any atom is 0.161 e. The number of nitrogens with two attached hydrogens (primary N) is 1. The van der Waals surface area contributed by atoms with Crippen LogP contribution in [0, 0.1) is 0 Å². The van der Waals surface area contributed by atoms with E-state index in [4.69, 9.17) is 20.1 Å². The van der Waals surface area contributed by atoms with Gasteiger partial charge in [0.2, 0.25) is 0 Å². The van der Waals surface area contributed by atoms with Gasteiger partial charge >= 0.3 is 0 Å². The van der Waals surface area contributed by atoms with Crippen LogP contribution in [0.5, 0.6) is 11.5 Å². The van der Waals surface area contributed by atoms with Crippen molar-refractivity contribution in [1.82, 2.24) is 0 Å². The molecule has 0 bridgehead atoms. The zero-order valence-corrected chi connectivity index (χ0v) is 10.2. The van der Waals surface area contributed by atoms with Crippen LogP contribution < -0.4 is 15.3 Å². The van der Waals surface area contributed by atoms with Crippen LogP contribution in [0.3, 0.4) is 0 Å². The van der Waals surface area contributed by atoms with E-state index in [0.717, 1.165) is 12.0 Å². The molecule has 0 unspecified atom stereocenters. The largest absolute Gasteiger partial charge is 0.493 e. The minimum absolute atomic E-state index is 0.577. The second-order valence-corrected chi connectivity index (χ2v) is 3.38. The Morgan fingerprint density at radius 1 is 1.24 bits per heavy atom. The molecule has 0 atom stereocenters. The lowest BCUT2D eigenvalue weighted by molar-refractivity contribution is 0.170. The first-order valence-corrected chi connectivity index (χ1v) is 5.35. The van der Waals surface area contributed by atoms with E-state index in [2.05, 4.69) is 5.10 Å². The van der Waals surface area contributed by atoms with Crippen LogP contribution in [-0.4, -0.2) is 33.6 Å². The Hall–Kier alpha value is -1.75. The molecule has 1 aromatic rings. The van der Waals surface area contributed by atoms with E-state index in [9.17, 15) is 0 Å². The summed E-state index contributed by atoms with van der Waals surface area (Å²) in [5, 5.41) is 3.47. The van der Waals surface area contributed by atoms with Gasteiger partial charge in [0.15, 0.2) is 11.5 Å². The van der Waals surface area contributed by atoms with Crippen LogP contribution >= 0.6 is 0 Å². The van der Waals surface area contributed by atoms with E-state index in [1.165, 1.54) is 0 Å². The monoisotopic (exact) mass is 238 g/mol. The molecule has 0 saturated carbocycles. The topological polar surface area (TPSA) is 66.1 Å². The number of nitrogens with zero attached hydrogens (tertiary/aromatic N) is 1. The van der Waals surface area contributed by atoms with Crippen molar-refractivity contribution < 1.29 is 14.2 Å². The summed E-state index contributed by atoms with van der Waals surface area (Å²) < 4.78 is 15.8. The van der Waals surface area contributed by atoms with Crippen molar-refractivity contribution in [3.63, 3.8) is 0 Å². The van der Waals surface area contributed by atoms with Crippen LogP contribution in [0.4, 0.5) is 0 Å². The summed E-state index contributed by atoms with van der Waals surface area (Å²) in [7, 11) is 3.27. The van der Waals surface area contributed by atoms with Crippen molar-refractivity contribution in [3.05, 3.63) is 23.8 Å². The number of rotatable bonds is 7. The third kappa shape index (κ3) is 4.32. The molecule has 1 aromatic carbocycles. The van der Waals surface area contributed by atoms with Gasteiger partial charge in [0.25, 0.3) is 0 Å². The van der Waals surface area contributed by atoms with Gasteiger partial charge in [-0.3, -0.25) is 0 Å². The number of ether oxygens (including phenoxy) is 3. The van der Waals surface area contributed by atoms with Crippen molar-refractivity contribution in [2.24, 2.45) is 10.9 Å². The second-order valence-electron chi connectivity index (χ2n) is 3.38. The highest BCUT2D eigenvalue weighted by Crippen LogP contribution is 2.27. The number of hydrogen-bond acceptors (Lipinski definition) is 5. The fraction of sp³-hybridized carbons (Fsp3) is 0.417. The molecule has 1 rings (SSSR count). The Labute approximate surface area is 101 Å². The molecule has 0 saturated heterocycles. The molecular formula is C12H18N2O3. The molecule has 0 aliphatic carbocycles. The quantitative estimate of drug-likeness (QED) is 0.337. The maximum atomic E-state index is 5.61. The molecule has 17 heavy (non-hydrogen) atoms. The van der Waals surface area contributed by atoms with Gasteiger partial charge in [-0.25, -0.2) is 0 Å². The summed E-state index contributed by atoms with van der Waals surface area (Å²) in [6.07, 6.45) is 2.39. The lowest BCUT2D eigenvalue weighted by Gasteiger charge is -2.11. The van der Waals surface area contributed by atoms with Gasteiger partial charge < -0.3 is 20.1 Å². The number of hydrogen-bond donors (Lipinski definition) is 1. The molecule has 2 N–H and O–H groups in total. The van der Waals surface area contributed by atoms with Crippen molar-refractivity contribution in [1.29, 1.82) is 0 Å². The van der Waals surface area contributed by atoms with Crippen LogP contribution in [0.25, 0.3) is 0 Å². The van der Waals surface area contributed by atoms with Gasteiger partial charge in [-0.15, -0.1) is 0 Å². The van der Waals surface area contributed by atoms with Gasteiger partial charge in [0.05, 0.1) is 19.9 Å². The van der Waals surface area contributed by atoms with Crippen molar-refractivity contribution in [3.8, 4) is 11.5 Å². The Morgan fingerprint density at radius 2 is 2.06 bits per heavy atom. The van der Waals surface area contributed by atoms with Gasteiger partial charge in [0.1, 0.15) is 0 Å². The van der Waals surface area contributed by atoms with Crippen LogP contribution in [-0.2, 0) is 4.74 Å². The third-order valence-electron chi connectivity index (χ3n) is 2.16. The Morgan fingerprint density at radius 3 is 2.71 bits per heavy atom. The number of benzene rings is 1. The summed E-state index contributed by atoms with van der Waals surface area (Å²) in [6, 6.07) is 5.52. The van der Waals surface area contributed by atoms with E-state index >= 15 is 0 Å². The minimum Gasteiger partial charge on any atom is -0.493 e. The molecule has 0 radical (unpaired) electrons. The fourth-order valence-electron chi connectivity index (χ4n) is 1.36. The molecule has 5 nitrogen and oxygen atoms in total. The summed E-state index contributed by atoms with van der Waals surface area (Å²) in [6.45, 7) is 1.25. The zero-order chi connectivity index (χ0) is 12.5. The standard InChI is InChI=1S/C12H18N2O3/c1-15-6-3-7-17-12-8-10(9-14-13)4-5-11(12)16-2/h4-5,8-9H,3,6-7,13H2,1-2H3. The van der Waals surface area contributed by atoms with E-state index in [1.807, 2.05) is 18.2 Å². The lowest BCUT2D eigenvalue weighted by atomic mass is 10.2. The van der Waals surface area contributed by atoms with Gasteiger partial charge in [0, 0.05) is 20.1 Å². The summed E-state index contributed by atoms with van der Waals surface area (Å²) in [5.74, 6) is 6.47. The maximum absolute atomic E-state index is 5.61. The summed E-state index contributed by atoms with van der Waals surface area (Å²) in [4.78, 5) is 0. The molecule has 0 aliphatic rings. The van der Waals surface area contributed by atoms with Crippen molar-refractivity contribution >= 4 is 6.21 Å². The number of methoxy groups -OCH3 is 2. The first kappa shape index (κ1) is 13.3. The Balaban J connectivity index is 2.68. The van der Waals surface area contributed by atoms with Crippen LogP contribution in [0.15, 0.2) is 23.3 Å². The summed E-state index contributed by atoms with van der Waals surface area (Å²) >= 11 is 0. The Kier molecular flexibility index (Phi) is 5.88. The molecule has 5 heteroatoms. The first-order chi connectivity index (χ1) is 8.31. The fourth-order valence-corrected chi connectivity index (χ4v) is 1.36. The lowest BCUT2D eigenvalue weighted by Crippen LogP contribution is -2.03. The van der Waals surface area contributed by atoms with E-state index < -0.39 is 0 Å². The molecule has 0 amide bonds. The average molecular weight is 238 g/mol. The number of hydrazone groups is 1. The normalized spacial score (nSPS) is 10.7. The van der Waals surface area contributed by atoms with Gasteiger partial charge in [-0.05, 0) is 23.8 Å². The van der Waals surface area contributed by atoms with Crippen molar-refractivity contribution in [2.45, 2.75) is 6.42 Å². The van der Waals surface area contributed by atoms with Gasteiger partial charge in [-0.1, -0.05) is 0 Å². The van der Waals surface area contributed by atoms with Crippen LogP contribution in [0.2, 0.25) is 0 Å². The third-order valence-corrected chi connectivity index (χ3v) is 2.16. The highest BCUT2D eigenvalue weighted by molar-refractivity contribution is 5.80. The predicted octanol–water partition coefficient (Wildman–Crippen LogP) is 1.40. The highest BCUT2D eigenvalue weighted by Gasteiger charge is 2.04. The molecular weight excluding hydrogens is 220 g/mol. The predicted molar refractivity (Wildman–Crippen MR) is 66.8 cm³/mol. The molecule has 0 aliphatic heterocycles.